The van der Waals surface area contributed by atoms with Crippen molar-refractivity contribution in [3.8, 4) is 0 Å². The number of aryl methyl sites for hydroxylation is 1. The van der Waals surface area contributed by atoms with E-state index in [0.29, 0.717) is 10.8 Å². The van der Waals surface area contributed by atoms with Crippen LogP contribution in [0.3, 0.4) is 0 Å². The highest BCUT2D eigenvalue weighted by Gasteiger charge is 2.07. The first-order valence-electron chi connectivity index (χ1n) is 6.26. The number of carbonyl (C=O) groups is 1. The fourth-order valence-corrected chi connectivity index (χ4v) is 2.06. The Morgan fingerprint density at radius 3 is 3.00 bits per heavy atom. The van der Waals surface area contributed by atoms with Crippen molar-refractivity contribution in [2.24, 2.45) is 0 Å². The van der Waals surface area contributed by atoms with E-state index in [1.165, 1.54) is 0 Å². The van der Waals surface area contributed by atoms with Crippen molar-refractivity contribution < 1.29 is 4.79 Å². The first kappa shape index (κ1) is 13.6. The van der Waals surface area contributed by atoms with Crippen LogP contribution in [0.2, 0.25) is 5.02 Å². The summed E-state index contributed by atoms with van der Waals surface area (Å²) in [5, 5.41) is 10.3. The number of aromatic amines is 1. The highest BCUT2D eigenvalue weighted by molar-refractivity contribution is 6.30. The third-order valence-corrected chi connectivity index (χ3v) is 2.91. The maximum Gasteiger partial charge on any atom is 0.229 e. The monoisotopic (exact) mass is 277 g/mol. The second kappa shape index (κ2) is 6.38. The lowest BCUT2D eigenvalue weighted by Gasteiger charge is -2.02. The van der Waals surface area contributed by atoms with Crippen LogP contribution in [0.4, 0.5) is 5.82 Å². The van der Waals surface area contributed by atoms with E-state index in [9.17, 15) is 4.79 Å². The highest BCUT2D eigenvalue weighted by Crippen LogP contribution is 2.12. The van der Waals surface area contributed by atoms with E-state index in [1.54, 1.807) is 12.1 Å². The van der Waals surface area contributed by atoms with Gasteiger partial charge in [0.2, 0.25) is 5.91 Å². The molecule has 5 heteroatoms. The lowest BCUT2D eigenvalue weighted by atomic mass is 10.1. The number of halogens is 1. The van der Waals surface area contributed by atoms with Crippen LogP contribution in [-0.2, 0) is 17.6 Å². The van der Waals surface area contributed by atoms with Gasteiger partial charge in [0.1, 0.15) is 0 Å². The zero-order chi connectivity index (χ0) is 13.7. The Morgan fingerprint density at radius 1 is 1.42 bits per heavy atom. The van der Waals surface area contributed by atoms with Crippen molar-refractivity contribution in [2.45, 2.75) is 26.2 Å². The molecule has 0 radical (unpaired) electrons. The summed E-state index contributed by atoms with van der Waals surface area (Å²) in [7, 11) is 0. The maximum atomic E-state index is 11.9. The van der Waals surface area contributed by atoms with Gasteiger partial charge < -0.3 is 5.32 Å². The van der Waals surface area contributed by atoms with Gasteiger partial charge in [-0.25, -0.2) is 0 Å². The number of hydrogen-bond acceptors (Lipinski definition) is 2. The summed E-state index contributed by atoms with van der Waals surface area (Å²) in [6, 6.07) is 9.14. The number of nitrogens with zero attached hydrogens (tertiary/aromatic N) is 1. The van der Waals surface area contributed by atoms with Crippen molar-refractivity contribution in [3.05, 3.63) is 46.6 Å². The van der Waals surface area contributed by atoms with Crippen molar-refractivity contribution in [1.82, 2.24) is 10.2 Å². The minimum Gasteiger partial charge on any atom is -0.309 e. The number of H-pyrrole nitrogens is 1. The Balaban J connectivity index is 1.93. The summed E-state index contributed by atoms with van der Waals surface area (Å²) in [5.74, 6) is 0.465. The van der Waals surface area contributed by atoms with Crippen LogP contribution in [0.15, 0.2) is 30.3 Å². The molecule has 1 aromatic heterocycles. The number of rotatable bonds is 5. The molecular formula is C14H16ClN3O. The van der Waals surface area contributed by atoms with Gasteiger partial charge in [-0.15, -0.1) is 0 Å². The third-order valence-electron chi connectivity index (χ3n) is 2.67. The summed E-state index contributed by atoms with van der Waals surface area (Å²) >= 11 is 5.88. The Kier molecular flexibility index (Phi) is 4.58. The molecule has 2 rings (SSSR count). The molecule has 0 aliphatic rings. The average molecular weight is 278 g/mol. The van der Waals surface area contributed by atoms with Gasteiger partial charge in [0, 0.05) is 16.8 Å². The van der Waals surface area contributed by atoms with Crippen LogP contribution in [0.25, 0.3) is 0 Å². The van der Waals surface area contributed by atoms with E-state index in [4.69, 9.17) is 11.6 Å². The largest absolute Gasteiger partial charge is 0.309 e. The number of aromatic nitrogens is 2. The van der Waals surface area contributed by atoms with E-state index < -0.39 is 0 Å². The molecule has 19 heavy (non-hydrogen) atoms. The van der Waals surface area contributed by atoms with Gasteiger partial charge in [-0.05, 0) is 24.1 Å². The van der Waals surface area contributed by atoms with Crippen molar-refractivity contribution in [2.75, 3.05) is 5.32 Å². The molecule has 0 saturated carbocycles. The van der Waals surface area contributed by atoms with Gasteiger partial charge in [-0.2, -0.15) is 5.10 Å². The number of hydrogen-bond donors (Lipinski definition) is 2. The number of amides is 1. The molecule has 100 valence electrons. The normalized spacial score (nSPS) is 10.4. The van der Waals surface area contributed by atoms with Gasteiger partial charge in [0.25, 0.3) is 0 Å². The van der Waals surface area contributed by atoms with Crippen LogP contribution >= 0.6 is 11.6 Å². The van der Waals surface area contributed by atoms with Crippen LogP contribution in [-0.4, -0.2) is 16.1 Å². The first-order valence-corrected chi connectivity index (χ1v) is 6.63. The van der Waals surface area contributed by atoms with E-state index in [2.05, 4.69) is 22.4 Å². The molecular weight excluding hydrogens is 262 g/mol. The van der Waals surface area contributed by atoms with Gasteiger partial charge >= 0.3 is 0 Å². The Morgan fingerprint density at radius 2 is 2.26 bits per heavy atom. The Labute approximate surface area is 117 Å². The summed E-state index contributed by atoms with van der Waals surface area (Å²) in [6.45, 7) is 2.10. The Hall–Kier alpha value is -1.81. The smallest absolute Gasteiger partial charge is 0.229 e. The second-order valence-corrected chi connectivity index (χ2v) is 4.82. The molecule has 2 aromatic rings. The van der Waals surface area contributed by atoms with E-state index in [-0.39, 0.29) is 12.3 Å². The topological polar surface area (TPSA) is 57.8 Å². The predicted octanol–water partition coefficient (Wildman–Crippen LogP) is 3.20. The molecule has 0 fully saturated rings. The molecule has 0 saturated heterocycles. The van der Waals surface area contributed by atoms with Crippen LogP contribution in [0, 0.1) is 0 Å². The van der Waals surface area contributed by atoms with Crippen molar-refractivity contribution in [3.63, 3.8) is 0 Å². The van der Waals surface area contributed by atoms with Crippen molar-refractivity contribution in [1.29, 1.82) is 0 Å². The predicted molar refractivity (Wildman–Crippen MR) is 76.4 cm³/mol. The second-order valence-electron chi connectivity index (χ2n) is 4.38. The molecule has 1 aromatic carbocycles. The van der Waals surface area contributed by atoms with E-state index in [0.717, 1.165) is 24.1 Å². The van der Waals surface area contributed by atoms with E-state index >= 15 is 0 Å². The number of anilines is 1. The summed E-state index contributed by atoms with van der Waals surface area (Å²) in [5.41, 5.74) is 1.91. The summed E-state index contributed by atoms with van der Waals surface area (Å²) in [4.78, 5) is 11.9. The molecule has 4 nitrogen and oxygen atoms in total. The number of benzene rings is 1. The van der Waals surface area contributed by atoms with Gasteiger partial charge in [0.15, 0.2) is 5.82 Å². The fraction of sp³-hybridized carbons (Fsp3) is 0.286. The lowest BCUT2D eigenvalue weighted by Crippen LogP contribution is -2.14. The van der Waals surface area contributed by atoms with Crippen LogP contribution < -0.4 is 5.32 Å². The molecule has 0 atom stereocenters. The molecule has 0 aliphatic carbocycles. The molecule has 0 spiro atoms. The highest BCUT2D eigenvalue weighted by atomic mass is 35.5. The quantitative estimate of drug-likeness (QED) is 0.882. The molecule has 2 N–H and O–H groups in total. The fourth-order valence-electron chi connectivity index (χ4n) is 1.84. The first-order chi connectivity index (χ1) is 9.17. The minimum atomic E-state index is -0.100. The SMILES string of the molecule is CCCc1cc(NC(=O)Cc2cccc(Cl)c2)n[nH]1. The molecule has 1 heterocycles. The number of nitrogens with one attached hydrogen (secondary N) is 2. The lowest BCUT2D eigenvalue weighted by molar-refractivity contribution is -0.115. The minimum absolute atomic E-state index is 0.100. The number of carbonyl (C=O) groups excluding carboxylic acids is 1. The average Bonchev–Trinajstić information content (AvgIpc) is 2.77. The third kappa shape index (κ3) is 4.10. The zero-order valence-corrected chi connectivity index (χ0v) is 11.5. The standard InChI is InChI=1S/C14H16ClN3O/c1-2-4-12-9-13(18-17-12)16-14(19)8-10-5-3-6-11(15)7-10/h3,5-7,9H,2,4,8H2,1H3,(H2,16,17,18,19). The summed E-state index contributed by atoms with van der Waals surface area (Å²) in [6.07, 6.45) is 2.26. The summed E-state index contributed by atoms with van der Waals surface area (Å²) < 4.78 is 0. The maximum absolute atomic E-state index is 11.9. The molecule has 0 bridgehead atoms. The Bertz CT molecular complexity index is 565. The zero-order valence-electron chi connectivity index (χ0n) is 10.7. The van der Waals surface area contributed by atoms with Crippen molar-refractivity contribution >= 4 is 23.3 Å². The van der Waals surface area contributed by atoms with Gasteiger partial charge in [0.05, 0.1) is 6.42 Å². The molecule has 1 amide bonds. The van der Waals surface area contributed by atoms with Crippen LogP contribution in [0.1, 0.15) is 24.6 Å². The molecule has 0 unspecified atom stereocenters. The van der Waals surface area contributed by atoms with Crippen LogP contribution in [0.5, 0.6) is 0 Å². The van der Waals surface area contributed by atoms with Gasteiger partial charge in [-0.3, -0.25) is 9.89 Å². The van der Waals surface area contributed by atoms with E-state index in [1.807, 2.05) is 18.2 Å². The van der Waals surface area contributed by atoms with Gasteiger partial charge in [-0.1, -0.05) is 37.1 Å². The molecule has 0 aliphatic heterocycles.